The molecule has 1 aliphatic heterocycles. The van der Waals surface area contributed by atoms with Gasteiger partial charge in [-0.15, -0.1) is 0 Å². The van der Waals surface area contributed by atoms with E-state index in [9.17, 15) is 8.42 Å². The Labute approximate surface area is 147 Å². The van der Waals surface area contributed by atoms with Crippen molar-refractivity contribution in [3.63, 3.8) is 0 Å². The predicted molar refractivity (Wildman–Crippen MR) is 91.2 cm³/mol. The molecule has 0 aliphatic carbocycles. The largest absolute Gasteiger partial charge is 0.471 e. The zero-order valence-electron chi connectivity index (χ0n) is 13.8. The molecule has 1 saturated heterocycles. The van der Waals surface area contributed by atoms with Gasteiger partial charge in [-0.3, -0.25) is 0 Å². The fraction of sp³-hybridized carbons (Fsp3) is 0.353. The average Bonchev–Trinajstić information content (AvgIpc) is 3.04. The van der Waals surface area contributed by atoms with Crippen LogP contribution < -0.4 is 4.74 Å². The van der Waals surface area contributed by atoms with Gasteiger partial charge >= 0.3 is 0 Å². The summed E-state index contributed by atoms with van der Waals surface area (Å²) in [5.41, 5.74) is 1.90. The highest BCUT2D eigenvalue weighted by Crippen LogP contribution is 2.22. The lowest BCUT2D eigenvalue weighted by Crippen LogP contribution is -2.32. The first kappa shape index (κ1) is 17.3. The average molecular weight is 358 g/mol. The molecule has 3 rings (SSSR count). The molecule has 25 heavy (non-hydrogen) atoms. The van der Waals surface area contributed by atoms with Crippen LogP contribution in [0.4, 0.5) is 0 Å². The molecule has 0 bridgehead atoms. The summed E-state index contributed by atoms with van der Waals surface area (Å²) in [5.74, 6) is 0.114. The predicted octanol–water partition coefficient (Wildman–Crippen LogP) is 1.64. The van der Waals surface area contributed by atoms with E-state index in [4.69, 9.17) is 10.00 Å². The normalized spacial score (nSPS) is 18.0. The molecule has 1 fully saturated rings. The number of rotatable bonds is 5. The van der Waals surface area contributed by atoms with Crippen molar-refractivity contribution < 1.29 is 13.2 Å². The van der Waals surface area contributed by atoms with E-state index in [0.29, 0.717) is 13.0 Å². The molecule has 1 atom stereocenters. The van der Waals surface area contributed by atoms with Crippen molar-refractivity contribution in [3.05, 3.63) is 53.5 Å². The Morgan fingerprint density at radius 2 is 2.16 bits per heavy atom. The molecule has 2 aromatic rings. The van der Waals surface area contributed by atoms with Crippen LogP contribution in [0.15, 0.2) is 36.7 Å². The second-order valence-corrected chi connectivity index (χ2v) is 7.92. The third kappa shape index (κ3) is 4.13. The molecule has 2 heterocycles. The van der Waals surface area contributed by atoms with Crippen LogP contribution in [0, 0.1) is 18.3 Å². The van der Waals surface area contributed by atoms with Crippen LogP contribution in [0.3, 0.4) is 0 Å². The van der Waals surface area contributed by atoms with Crippen LogP contribution in [0.25, 0.3) is 0 Å². The van der Waals surface area contributed by atoms with Crippen LogP contribution >= 0.6 is 0 Å². The molecule has 0 radical (unpaired) electrons. The number of benzene rings is 1. The number of sulfonamides is 1. The zero-order valence-corrected chi connectivity index (χ0v) is 14.6. The molecule has 8 heteroatoms. The Kier molecular flexibility index (Phi) is 4.97. The second kappa shape index (κ2) is 7.17. The van der Waals surface area contributed by atoms with E-state index in [1.165, 1.54) is 16.7 Å². The van der Waals surface area contributed by atoms with Gasteiger partial charge in [0.25, 0.3) is 5.88 Å². The Morgan fingerprint density at radius 1 is 1.36 bits per heavy atom. The van der Waals surface area contributed by atoms with Gasteiger partial charge in [0, 0.05) is 18.9 Å². The van der Waals surface area contributed by atoms with Gasteiger partial charge in [-0.2, -0.15) is 9.57 Å². The van der Waals surface area contributed by atoms with Gasteiger partial charge < -0.3 is 4.74 Å². The summed E-state index contributed by atoms with van der Waals surface area (Å²) in [6.45, 7) is 2.57. The van der Waals surface area contributed by atoms with Crippen molar-refractivity contribution in [1.29, 1.82) is 5.26 Å². The van der Waals surface area contributed by atoms with Crippen molar-refractivity contribution in [2.45, 2.75) is 25.2 Å². The number of aromatic nitrogens is 2. The molecule has 0 N–H and O–H groups in total. The van der Waals surface area contributed by atoms with Crippen molar-refractivity contribution in [3.8, 4) is 11.9 Å². The van der Waals surface area contributed by atoms with E-state index >= 15 is 0 Å². The molecule has 0 amide bonds. The lowest BCUT2D eigenvalue weighted by molar-refractivity contribution is 0.205. The molecule has 1 aliphatic rings. The Morgan fingerprint density at radius 3 is 2.92 bits per heavy atom. The first-order chi connectivity index (χ1) is 12.0. The zero-order chi connectivity index (χ0) is 17.9. The van der Waals surface area contributed by atoms with Crippen LogP contribution in [0.5, 0.6) is 5.88 Å². The minimum atomic E-state index is -3.42. The first-order valence-corrected chi connectivity index (χ1v) is 9.50. The number of hydrogen-bond acceptors (Lipinski definition) is 6. The van der Waals surface area contributed by atoms with Crippen LogP contribution in [-0.2, 0) is 15.8 Å². The first-order valence-electron chi connectivity index (χ1n) is 7.89. The Bertz CT molecular complexity index is 908. The van der Waals surface area contributed by atoms with Crippen molar-refractivity contribution in [2.75, 3.05) is 13.1 Å². The summed E-state index contributed by atoms with van der Waals surface area (Å²) in [4.78, 5) is 7.89. The molecular weight excluding hydrogens is 340 g/mol. The molecule has 130 valence electrons. The summed E-state index contributed by atoms with van der Waals surface area (Å²) in [6, 6.07) is 9.40. The summed E-state index contributed by atoms with van der Waals surface area (Å²) in [7, 11) is -3.42. The van der Waals surface area contributed by atoms with E-state index in [0.717, 1.165) is 11.1 Å². The van der Waals surface area contributed by atoms with E-state index in [-0.39, 0.29) is 30.0 Å². The van der Waals surface area contributed by atoms with Gasteiger partial charge in [0.1, 0.15) is 12.2 Å². The second-order valence-electron chi connectivity index (χ2n) is 5.95. The quantitative estimate of drug-likeness (QED) is 0.806. The maximum atomic E-state index is 12.6. The highest BCUT2D eigenvalue weighted by molar-refractivity contribution is 7.88. The third-order valence-electron chi connectivity index (χ3n) is 3.98. The summed E-state index contributed by atoms with van der Waals surface area (Å²) < 4.78 is 32.4. The minimum absolute atomic E-state index is 0.0318. The van der Waals surface area contributed by atoms with Gasteiger partial charge in [-0.25, -0.2) is 18.4 Å². The Hall–Kier alpha value is -2.50. The summed E-state index contributed by atoms with van der Waals surface area (Å²) in [5, 5.41) is 9.02. The maximum Gasteiger partial charge on any atom is 0.251 e. The van der Waals surface area contributed by atoms with Crippen LogP contribution in [0.2, 0.25) is 0 Å². The third-order valence-corrected chi connectivity index (χ3v) is 5.80. The lowest BCUT2D eigenvalue weighted by Gasteiger charge is -2.17. The molecule has 7 nitrogen and oxygen atoms in total. The van der Waals surface area contributed by atoms with E-state index < -0.39 is 10.0 Å². The maximum absolute atomic E-state index is 12.6. The van der Waals surface area contributed by atoms with E-state index in [2.05, 4.69) is 9.97 Å². The molecule has 0 saturated carbocycles. The lowest BCUT2D eigenvalue weighted by atomic mass is 10.2. The highest BCUT2D eigenvalue weighted by Gasteiger charge is 2.33. The highest BCUT2D eigenvalue weighted by atomic mass is 32.2. The van der Waals surface area contributed by atoms with Gasteiger partial charge in [0.05, 0.1) is 12.3 Å². The number of ether oxygens (including phenoxy) is 1. The van der Waals surface area contributed by atoms with Crippen LogP contribution in [0.1, 0.15) is 23.2 Å². The monoisotopic (exact) mass is 358 g/mol. The van der Waals surface area contributed by atoms with Crippen molar-refractivity contribution >= 4 is 10.0 Å². The Balaban J connectivity index is 1.66. The SMILES string of the molecule is Cc1cccc(CS(=O)(=O)N2CC[C@H](Oc3nccnc3C#N)C2)c1. The molecule has 0 spiro atoms. The topological polar surface area (TPSA) is 96.2 Å². The van der Waals surface area contributed by atoms with Gasteiger partial charge in [0.2, 0.25) is 15.7 Å². The fourth-order valence-corrected chi connectivity index (χ4v) is 4.36. The number of nitrogens with zero attached hydrogens (tertiary/aromatic N) is 4. The standard InChI is InChI=1S/C17H18N4O3S/c1-13-3-2-4-14(9-13)12-25(22,23)21-8-5-15(11-21)24-17-16(10-18)19-6-7-20-17/h2-4,6-7,9,15H,5,8,11-12H2,1H3/t15-/m0/s1. The molecule has 0 unspecified atom stereocenters. The molecule has 1 aromatic heterocycles. The molecular formula is C17H18N4O3S. The van der Waals surface area contributed by atoms with Crippen LogP contribution in [-0.4, -0.2) is 41.9 Å². The fourth-order valence-electron chi connectivity index (χ4n) is 2.80. The molecule has 1 aromatic carbocycles. The van der Waals surface area contributed by atoms with Gasteiger partial charge in [-0.05, 0) is 18.9 Å². The number of aryl methyl sites for hydroxylation is 1. The van der Waals surface area contributed by atoms with E-state index in [1.807, 2.05) is 37.3 Å². The summed E-state index contributed by atoms with van der Waals surface area (Å²) in [6.07, 6.45) is 3.07. The number of hydrogen-bond donors (Lipinski definition) is 0. The van der Waals surface area contributed by atoms with E-state index in [1.54, 1.807) is 0 Å². The minimum Gasteiger partial charge on any atom is -0.471 e. The number of nitriles is 1. The van der Waals surface area contributed by atoms with Crippen molar-refractivity contribution in [2.24, 2.45) is 0 Å². The van der Waals surface area contributed by atoms with Gasteiger partial charge in [0.15, 0.2) is 0 Å². The van der Waals surface area contributed by atoms with Gasteiger partial charge in [-0.1, -0.05) is 29.8 Å². The van der Waals surface area contributed by atoms with Crippen molar-refractivity contribution in [1.82, 2.24) is 14.3 Å². The summed E-state index contributed by atoms with van der Waals surface area (Å²) >= 11 is 0. The smallest absolute Gasteiger partial charge is 0.251 e.